The fraction of sp³-hybridized carbons (Fsp3) is 0.357. The number of thiophene rings is 1. The van der Waals surface area contributed by atoms with Crippen LogP contribution in [0.15, 0.2) is 58.2 Å². The minimum atomic E-state index is -4.60. The van der Waals surface area contributed by atoms with Gasteiger partial charge in [-0.1, -0.05) is 6.07 Å². The van der Waals surface area contributed by atoms with Gasteiger partial charge in [-0.05, 0) is 42.6 Å². The normalized spacial score (nSPS) is 19.2. The van der Waals surface area contributed by atoms with Crippen molar-refractivity contribution in [2.45, 2.75) is 31.6 Å². The second kappa shape index (κ2) is 10.9. The molecule has 2 aromatic carbocycles. The fourth-order valence-corrected chi connectivity index (χ4v) is 6.12. The van der Waals surface area contributed by atoms with Gasteiger partial charge in [0, 0.05) is 48.4 Å². The summed E-state index contributed by atoms with van der Waals surface area (Å²) in [6.07, 6.45) is -4.93. The number of fused-ring (bicyclic) bond motifs is 1. The summed E-state index contributed by atoms with van der Waals surface area (Å²) < 4.78 is 52.3. The van der Waals surface area contributed by atoms with Crippen molar-refractivity contribution in [2.24, 2.45) is 4.99 Å². The van der Waals surface area contributed by atoms with Gasteiger partial charge in [0.25, 0.3) is 0 Å². The number of anilines is 2. The summed E-state index contributed by atoms with van der Waals surface area (Å²) >= 11 is 1.37. The van der Waals surface area contributed by atoms with E-state index in [1.807, 2.05) is 34.5 Å². The number of piperazine rings is 1. The molecular formula is C28H29F3N4O4S. The first kappa shape index (κ1) is 27.6. The molecule has 12 heteroatoms. The van der Waals surface area contributed by atoms with Gasteiger partial charge < -0.3 is 29.3 Å². The first-order valence-electron chi connectivity index (χ1n) is 12.7. The molecule has 8 nitrogen and oxygen atoms in total. The Kier molecular flexibility index (Phi) is 7.54. The number of methoxy groups -OCH3 is 2. The summed E-state index contributed by atoms with van der Waals surface area (Å²) in [5.74, 6) is 0.258. The van der Waals surface area contributed by atoms with Crippen LogP contribution in [0.25, 0.3) is 0 Å². The van der Waals surface area contributed by atoms with E-state index >= 15 is 0 Å². The van der Waals surface area contributed by atoms with Crippen LogP contribution < -0.4 is 19.3 Å². The molecule has 1 N–H and O–H groups in total. The van der Waals surface area contributed by atoms with Crippen LogP contribution in [0.3, 0.4) is 0 Å². The van der Waals surface area contributed by atoms with E-state index in [1.54, 1.807) is 17.4 Å². The Morgan fingerprint density at radius 1 is 1.12 bits per heavy atom. The Hall–Kier alpha value is -3.93. The predicted octanol–water partition coefficient (Wildman–Crippen LogP) is 6.02. The Balaban J connectivity index is 1.58. The van der Waals surface area contributed by atoms with Gasteiger partial charge in [0.2, 0.25) is 5.96 Å². The molecule has 3 heterocycles. The van der Waals surface area contributed by atoms with Crippen molar-refractivity contribution in [3.05, 3.63) is 64.4 Å². The minimum Gasteiger partial charge on any atom is -0.497 e. The van der Waals surface area contributed by atoms with Crippen LogP contribution >= 0.6 is 11.3 Å². The molecule has 2 aliphatic heterocycles. The lowest BCUT2D eigenvalue weighted by molar-refractivity contribution is -0.138. The van der Waals surface area contributed by atoms with Crippen LogP contribution in [0.1, 0.15) is 30.5 Å². The Bertz CT molecular complexity index is 1430. The molecule has 1 aromatic heterocycles. The van der Waals surface area contributed by atoms with Crippen LogP contribution in [-0.4, -0.2) is 61.8 Å². The number of aliphatic imine (C=N–C) groups is 1. The molecule has 1 fully saturated rings. The van der Waals surface area contributed by atoms with E-state index in [0.29, 0.717) is 36.8 Å². The molecule has 0 saturated carbocycles. The van der Waals surface area contributed by atoms with Crippen molar-refractivity contribution >= 4 is 40.3 Å². The molecule has 2 atom stereocenters. The molecule has 0 amide bonds. The maximum absolute atomic E-state index is 13.8. The molecule has 0 radical (unpaired) electrons. The number of aliphatic carboxylic acids is 1. The fourth-order valence-electron chi connectivity index (χ4n) is 5.31. The van der Waals surface area contributed by atoms with E-state index in [1.165, 1.54) is 24.5 Å². The van der Waals surface area contributed by atoms with Crippen molar-refractivity contribution in [2.75, 3.05) is 43.7 Å². The van der Waals surface area contributed by atoms with Gasteiger partial charge in [0.1, 0.15) is 11.5 Å². The molecule has 0 spiro atoms. The number of alkyl halides is 3. The van der Waals surface area contributed by atoms with Gasteiger partial charge >= 0.3 is 12.1 Å². The van der Waals surface area contributed by atoms with Gasteiger partial charge in [-0.2, -0.15) is 13.2 Å². The third-order valence-electron chi connectivity index (χ3n) is 7.21. The minimum absolute atomic E-state index is 0.00982. The quantitative estimate of drug-likeness (QED) is 0.386. The van der Waals surface area contributed by atoms with Crippen molar-refractivity contribution in [1.29, 1.82) is 0 Å². The van der Waals surface area contributed by atoms with Gasteiger partial charge in [-0.15, -0.1) is 11.3 Å². The summed E-state index contributed by atoms with van der Waals surface area (Å²) in [7, 11) is 2.99. The van der Waals surface area contributed by atoms with Gasteiger partial charge in [-0.3, -0.25) is 4.79 Å². The van der Waals surface area contributed by atoms with Crippen molar-refractivity contribution in [3.63, 3.8) is 0 Å². The topological polar surface area (TPSA) is 77.8 Å². The zero-order valence-electron chi connectivity index (χ0n) is 22.2. The number of halogens is 3. The lowest BCUT2D eigenvalue weighted by Gasteiger charge is -2.47. The zero-order chi connectivity index (χ0) is 28.6. The number of hydrogen-bond donors (Lipinski definition) is 1. The Morgan fingerprint density at radius 2 is 1.93 bits per heavy atom. The Morgan fingerprint density at radius 3 is 2.60 bits per heavy atom. The average molecular weight is 575 g/mol. The van der Waals surface area contributed by atoms with Crippen molar-refractivity contribution < 1.29 is 32.5 Å². The summed E-state index contributed by atoms with van der Waals surface area (Å²) in [6, 6.07) is 10.2. The third-order valence-corrected chi connectivity index (χ3v) is 7.96. The smallest absolute Gasteiger partial charge is 0.416 e. The van der Waals surface area contributed by atoms with Crippen molar-refractivity contribution in [1.82, 2.24) is 4.90 Å². The SMILES string of the molecule is COc1cccc(N2CCN(C3=Nc4cscc4C(CC(=O)O)N3c3cc(C(F)(F)F)ccc3OC)C[C@H]2C)c1. The van der Waals surface area contributed by atoms with Crippen molar-refractivity contribution in [3.8, 4) is 11.5 Å². The number of benzene rings is 2. The number of hydrogen-bond acceptors (Lipinski definition) is 8. The summed E-state index contributed by atoms with van der Waals surface area (Å²) in [4.78, 5) is 22.8. The highest BCUT2D eigenvalue weighted by atomic mass is 32.1. The largest absolute Gasteiger partial charge is 0.497 e. The van der Waals surface area contributed by atoms with Crippen LogP contribution in [0.5, 0.6) is 11.5 Å². The summed E-state index contributed by atoms with van der Waals surface area (Å²) in [5, 5.41) is 13.5. The second-order valence-corrected chi connectivity index (χ2v) is 10.4. The monoisotopic (exact) mass is 574 g/mol. The maximum Gasteiger partial charge on any atom is 0.416 e. The van der Waals surface area contributed by atoms with Gasteiger partial charge in [-0.25, -0.2) is 4.99 Å². The van der Waals surface area contributed by atoms with Gasteiger partial charge in [0.05, 0.1) is 43.6 Å². The lowest BCUT2D eigenvalue weighted by Crippen LogP contribution is -2.58. The highest BCUT2D eigenvalue weighted by Gasteiger charge is 2.40. The van der Waals surface area contributed by atoms with E-state index in [4.69, 9.17) is 14.5 Å². The van der Waals surface area contributed by atoms with Crippen LogP contribution in [0.2, 0.25) is 0 Å². The number of carboxylic acid groups (broad SMARTS) is 1. The first-order valence-corrected chi connectivity index (χ1v) is 13.6. The predicted molar refractivity (Wildman–Crippen MR) is 148 cm³/mol. The molecule has 2 aliphatic rings. The van der Waals surface area contributed by atoms with E-state index in [-0.39, 0.29) is 23.9 Å². The number of carboxylic acids is 1. The van der Waals surface area contributed by atoms with Crippen LogP contribution in [0.4, 0.5) is 30.2 Å². The molecule has 0 bridgehead atoms. The molecule has 1 unspecified atom stereocenters. The van der Waals surface area contributed by atoms with Gasteiger partial charge in [0.15, 0.2) is 0 Å². The highest BCUT2D eigenvalue weighted by Crippen LogP contribution is 2.46. The molecule has 40 heavy (non-hydrogen) atoms. The molecule has 1 saturated heterocycles. The lowest BCUT2D eigenvalue weighted by atomic mass is 10.00. The van der Waals surface area contributed by atoms with Crippen LogP contribution in [0, 0.1) is 0 Å². The molecule has 212 valence electrons. The molecule has 0 aliphatic carbocycles. The number of carbonyl (C=O) groups is 1. The average Bonchev–Trinajstić information content (AvgIpc) is 3.40. The number of rotatable bonds is 6. The first-order chi connectivity index (χ1) is 19.1. The van der Waals surface area contributed by atoms with E-state index in [0.717, 1.165) is 23.6 Å². The van der Waals surface area contributed by atoms with E-state index < -0.39 is 23.8 Å². The number of nitrogens with zero attached hydrogens (tertiary/aromatic N) is 4. The maximum atomic E-state index is 13.8. The Labute approximate surface area is 233 Å². The van der Waals surface area contributed by atoms with E-state index in [2.05, 4.69) is 11.8 Å². The molecule has 3 aromatic rings. The number of ether oxygens (including phenoxy) is 2. The zero-order valence-corrected chi connectivity index (χ0v) is 23.0. The highest BCUT2D eigenvalue weighted by molar-refractivity contribution is 7.08. The number of guanidine groups is 1. The second-order valence-electron chi connectivity index (χ2n) is 9.68. The summed E-state index contributed by atoms with van der Waals surface area (Å²) in [5.41, 5.74) is 1.53. The van der Waals surface area contributed by atoms with Crippen LogP contribution in [-0.2, 0) is 11.0 Å². The summed E-state index contributed by atoms with van der Waals surface area (Å²) in [6.45, 7) is 3.69. The standard InChI is InChI=1S/C28H29F3N4O4S/c1-17-14-33(9-10-34(17)19-5-4-6-20(12-19)38-2)27-32-22-16-40-15-21(22)23(13-26(36)37)35(27)24-11-18(28(29,30)31)7-8-25(24)39-3/h4-8,11-12,15-17,23H,9-10,13-14H2,1-3H3,(H,36,37)/t17-,23?/m1/s1. The molecule has 5 rings (SSSR count). The molecular weight excluding hydrogens is 545 g/mol. The third kappa shape index (κ3) is 5.27. The van der Waals surface area contributed by atoms with E-state index in [9.17, 15) is 23.1 Å².